The molecule has 0 radical (unpaired) electrons. The van der Waals surface area contributed by atoms with Gasteiger partial charge in [-0.2, -0.15) is 0 Å². The molecule has 2 rings (SSSR count). The number of methoxy groups -OCH3 is 1. The van der Waals surface area contributed by atoms with Crippen LogP contribution in [0, 0.1) is 0 Å². The quantitative estimate of drug-likeness (QED) is 0.834. The second kappa shape index (κ2) is 5.90. The number of nitrogens with zero attached hydrogens (tertiary/aromatic N) is 1. The SMILES string of the molecule is COc1ccc(C=C2SC(=O)N(CC[NH3+])C2=O)cc1. The first-order valence-corrected chi connectivity index (χ1v) is 6.66. The number of imide groups is 1. The number of carbonyl (C=O) groups is 2. The standard InChI is InChI=1S/C13H14N2O3S/c1-18-10-4-2-9(3-5-10)8-11-12(16)15(7-6-14)13(17)19-11/h2-5,8H,6-7,14H2,1H3/p+1. The molecule has 1 aromatic carbocycles. The van der Waals surface area contributed by atoms with Gasteiger partial charge in [0, 0.05) is 0 Å². The van der Waals surface area contributed by atoms with Gasteiger partial charge in [0.15, 0.2) is 0 Å². The van der Waals surface area contributed by atoms with Crippen molar-refractivity contribution in [1.29, 1.82) is 0 Å². The highest BCUT2D eigenvalue weighted by Crippen LogP contribution is 2.31. The second-order valence-corrected chi connectivity index (χ2v) is 4.95. The lowest BCUT2D eigenvalue weighted by molar-refractivity contribution is -0.367. The van der Waals surface area contributed by atoms with Crippen molar-refractivity contribution in [1.82, 2.24) is 4.90 Å². The topological polar surface area (TPSA) is 74.2 Å². The molecule has 100 valence electrons. The predicted octanol–water partition coefficient (Wildman–Crippen LogP) is 0.973. The van der Waals surface area contributed by atoms with Crippen LogP contribution < -0.4 is 10.5 Å². The number of quaternary nitrogens is 1. The van der Waals surface area contributed by atoms with E-state index in [4.69, 9.17) is 4.74 Å². The zero-order valence-electron chi connectivity index (χ0n) is 10.6. The van der Waals surface area contributed by atoms with Crippen molar-refractivity contribution in [3.63, 3.8) is 0 Å². The maximum absolute atomic E-state index is 12.0. The molecular formula is C13H15N2O3S+. The molecule has 1 aliphatic rings. The second-order valence-electron chi connectivity index (χ2n) is 3.96. The Morgan fingerprint density at radius 2 is 2.00 bits per heavy atom. The van der Waals surface area contributed by atoms with Gasteiger partial charge < -0.3 is 10.5 Å². The van der Waals surface area contributed by atoms with Gasteiger partial charge in [0.2, 0.25) is 0 Å². The maximum atomic E-state index is 12.0. The van der Waals surface area contributed by atoms with E-state index in [1.165, 1.54) is 4.90 Å². The van der Waals surface area contributed by atoms with Crippen LogP contribution in [0.1, 0.15) is 5.56 Å². The predicted molar refractivity (Wildman–Crippen MR) is 73.4 cm³/mol. The van der Waals surface area contributed by atoms with E-state index in [0.29, 0.717) is 18.0 Å². The van der Waals surface area contributed by atoms with Crippen LogP contribution in [-0.2, 0) is 4.79 Å². The van der Waals surface area contributed by atoms with Crippen molar-refractivity contribution in [2.75, 3.05) is 20.2 Å². The number of ether oxygens (including phenoxy) is 1. The summed E-state index contributed by atoms with van der Waals surface area (Å²) in [5, 5.41) is -0.228. The Hall–Kier alpha value is -1.79. The molecule has 0 aromatic heterocycles. The molecule has 3 N–H and O–H groups in total. The number of hydrogen-bond donors (Lipinski definition) is 1. The zero-order valence-corrected chi connectivity index (χ0v) is 11.4. The highest BCUT2D eigenvalue weighted by atomic mass is 32.2. The highest BCUT2D eigenvalue weighted by molar-refractivity contribution is 8.18. The van der Waals surface area contributed by atoms with Crippen LogP contribution in [0.3, 0.4) is 0 Å². The molecule has 0 unspecified atom stereocenters. The molecule has 0 aliphatic carbocycles. The largest absolute Gasteiger partial charge is 0.497 e. The molecule has 0 spiro atoms. The van der Waals surface area contributed by atoms with E-state index in [9.17, 15) is 9.59 Å². The summed E-state index contributed by atoms with van der Waals surface area (Å²) >= 11 is 0.966. The molecular weight excluding hydrogens is 264 g/mol. The van der Waals surface area contributed by atoms with Crippen molar-refractivity contribution in [2.24, 2.45) is 0 Å². The fourth-order valence-electron chi connectivity index (χ4n) is 1.70. The maximum Gasteiger partial charge on any atom is 0.293 e. The van der Waals surface area contributed by atoms with E-state index in [1.54, 1.807) is 13.2 Å². The number of amides is 2. The third-order valence-corrected chi connectivity index (χ3v) is 3.58. The number of thioether (sulfide) groups is 1. The smallest absolute Gasteiger partial charge is 0.293 e. The van der Waals surface area contributed by atoms with Gasteiger partial charge in [0.05, 0.1) is 25.1 Å². The Labute approximate surface area is 115 Å². The lowest BCUT2D eigenvalue weighted by Gasteiger charge is -2.08. The molecule has 0 atom stereocenters. The lowest BCUT2D eigenvalue weighted by atomic mass is 10.2. The molecule has 1 heterocycles. The summed E-state index contributed by atoms with van der Waals surface area (Å²) in [5.41, 5.74) is 4.52. The Kier molecular flexibility index (Phi) is 4.24. The minimum Gasteiger partial charge on any atom is -0.497 e. The van der Waals surface area contributed by atoms with Gasteiger partial charge in [0.25, 0.3) is 11.1 Å². The Morgan fingerprint density at radius 1 is 1.32 bits per heavy atom. The molecule has 0 bridgehead atoms. The molecule has 1 aromatic rings. The fraction of sp³-hybridized carbons (Fsp3) is 0.231. The molecule has 5 nitrogen and oxygen atoms in total. The van der Waals surface area contributed by atoms with E-state index in [2.05, 4.69) is 5.73 Å². The summed E-state index contributed by atoms with van der Waals surface area (Å²) in [6.45, 7) is 0.887. The van der Waals surface area contributed by atoms with Gasteiger partial charge in [-0.3, -0.25) is 14.5 Å². The highest BCUT2D eigenvalue weighted by Gasteiger charge is 2.34. The number of rotatable bonds is 4. The molecule has 2 amide bonds. The number of hydrogen-bond acceptors (Lipinski definition) is 4. The van der Waals surface area contributed by atoms with Gasteiger partial charge in [-0.15, -0.1) is 0 Å². The Balaban J connectivity index is 2.19. The van der Waals surface area contributed by atoms with Crippen LogP contribution in [0.2, 0.25) is 0 Å². The first-order chi connectivity index (χ1) is 9.15. The zero-order chi connectivity index (χ0) is 13.8. The van der Waals surface area contributed by atoms with Gasteiger partial charge in [-0.05, 0) is 35.5 Å². The van der Waals surface area contributed by atoms with E-state index in [0.717, 1.165) is 23.1 Å². The third kappa shape index (κ3) is 2.97. The van der Waals surface area contributed by atoms with E-state index in [-0.39, 0.29) is 11.1 Å². The number of carbonyl (C=O) groups excluding carboxylic acids is 2. The first kappa shape index (κ1) is 13.6. The molecule has 1 saturated heterocycles. The van der Waals surface area contributed by atoms with Crippen LogP contribution in [0.25, 0.3) is 6.08 Å². The summed E-state index contributed by atoms with van der Waals surface area (Å²) in [6.07, 6.45) is 1.72. The fourth-order valence-corrected chi connectivity index (χ4v) is 2.57. The van der Waals surface area contributed by atoms with Crippen molar-refractivity contribution in [3.8, 4) is 5.75 Å². The van der Waals surface area contributed by atoms with Crippen LogP contribution in [-0.4, -0.2) is 36.2 Å². The summed E-state index contributed by atoms with van der Waals surface area (Å²) < 4.78 is 5.06. The number of benzene rings is 1. The molecule has 1 fully saturated rings. The lowest BCUT2D eigenvalue weighted by Crippen LogP contribution is -2.55. The Morgan fingerprint density at radius 3 is 2.58 bits per heavy atom. The van der Waals surface area contributed by atoms with Gasteiger partial charge >= 0.3 is 0 Å². The molecule has 6 heteroatoms. The van der Waals surface area contributed by atoms with E-state index < -0.39 is 0 Å². The minimum absolute atomic E-state index is 0.228. The van der Waals surface area contributed by atoms with Crippen molar-refractivity contribution < 1.29 is 20.1 Å². The summed E-state index contributed by atoms with van der Waals surface area (Å²) in [5.74, 6) is 0.511. The van der Waals surface area contributed by atoms with Crippen LogP contribution in [0.5, 0.6) is 5.75 Å². The minimum atomic E-state index is -0.241. The van der Waals surface area contributed by atoms with Crippen molar-refractivity contribution >= 4 is 29.0 Å². The molecule has 1 aliphatic heterocycles. The monoisotopic (exact) mass is 279 g/mol. The Bertz CT molecular complexity index is 525. The van der Waals surface area contributed by atoms with Crippen LogP contribution in [0.4, 0.5) is 4.79 Å². The van der Waals surface area contributed by atoms with E-state index in [1.807, 2.05) is 24.3 Å². The average molecular weight is 279 g/mol. The third-order valence-electron chi connectivity index (χ3n) is 2.67. The normalized spacial score (nSPS) is 17.4. The summed E-state index contributed by atoms with van der Waals surface area (Å²) in [4.78, 5) is 25.3. The summed E-state index contributed by atoms with van der Waals surface area (Å²) in [7, 11) is 1.60. The van der Waals surface area contributed by atoms with E-state index >= 15 is 0 Å². The van der Waals surface area contributed by atoms with Crippen molar-refractivity contribution in [2.45, 2.75) is 0 Å². The van der Waals surface area contributed by atoms with Crippen LogP contribution in [0.15, 0.2) is 29.2 Å². The van der Waals surface area contributed by atoms with Gasteiger partial charge in [0.1, 0.15) is 5.75 Å². The van der Waals surface area contributed by atoms with Crippen LogP contribution >= 0.6 is 11.8 Å². The first-order valence-electron chi connectivity index (χ1n) is 5.84. The van der Waals surface area contributed by atoms with Gasteiger partial charge in [-0.1, -0.05) is 12.1 Å². The average Bonchev–Trinajstić information content (AvgIpc) is 2.68. The summed E-state index contributed by atoms with van der Waals surface area (Å²) in [6, 6.07) is 7.31. The molecule has 0 saturated carbocycles. The van der Waals surface area contributed by atoms with Crippen molar-refractivity contribution in [3.05, 3.63) is 34.7 Å². The molecule has 19 heavy (non-hydrogen) atoms. The van der Waals surface area contributed by atoms with Gasteiger partial charge in [-0.25, -0.2) is 0 Å².